The molecule has 1 aliphatic heterocycles. The molecule has 1 aromatic carbocycles. The number of hydrogen-bond donors (Lipinski definition) is 1. The predicted molar refractivity (Wildman–Crippen MR) is 81.2 cm³/mol. The van der Waals surface area contributed by atoms with Crippen LogP contribution in [0.25, 0.3) is 0 Å². The van der Waals surface area contributed by atoms with Crippen molar-refractivity contribution < 1.29 is 17.5 Å². The Morgan fingerprint density at radius 3 is 2.62 bits per heavy atom. The van der Waals surface area contributed by atoms with Gasteiger partial charge in [-0.05, 0) is 32.0 Å². The molecule has 0 spiro atoms. The van der Waals surface area contributed by atoms with Crippen LogP contribution in [0.15, 0.2) is 17.0 Å². The van der Waals surface area contributed by atoms with Crippen LogP contribution in [-0.4, -0.2) is 46.0 Å². The zero-order chi connectivity index (χ0) is 14.9. The first-order chi connectivity index (χ1) is 9.39. The number of benzene rings is 1. The van der Waals surface area contributed by atoms with Crippen molar-refractivity contribution in [2.45, 2.75) is 24.3 Å². The summed E-state index contributed by atoms with van der Waals surface area (Å²) in [5.74, 6) is -0.585. The molecule has 0 aromatic heterocycles. The highest BCUT2D eigenvalue weighted by atomic mass is 35.5. The van der Waals surface area contributed by atoms with Gasteiger partial charge in [-0.25, -0.2) is 12.8 Å². The lowest BCUT2D eigenvalue weighted by atomic mass is 10.2. The molecule has 0 bridgehead atoms. The fraction of sp³-hybridized carbons (Fsp3) is 0.538. The number of methoxy groups -OCH3 is 1. The number of hydrogen-bond acceptors (Lipinski definition) is 4. The quantitative estimate of drug-likeness (QED) is 0.905. The van der Waals surface area contributed by atoms with Crippen molar-refractivity contribution in [3.63, 3.8) is 0 Å². The van der Waals surface area contributed by atoms with Gasteiger partial charge in [0, 0.05) is 25.2 Å². The highest BCUT2D eigenvalue weighted by Crippen LogP contribution is 2.28. The Balaban J connectivity index is 0.00000220. The minimum atomic E-state index is -3.70. The lowest BCUT2D eigenvalue weighted by Crippen LogP contribution is -2.38. The number of ether oxygens (including phenoxy) is 1. The summed E-state index contributed by atoms with van der Waals surface area (Å²) in [5, 5.41) is 3.12. The number of nitrogens with one attached hydrogen (secondary N) is 1. The van der Waals surface area contributed by atoms with E-state index in [9.17, 15) is 12.8 Å². The second-order valence-corrected chi connectivity index (χ2v) is 6.84. The summed E-state index contributed by atoms with van der Waals surface area (Å²) in [6.45, 7) is 2.86. The lowest BCUT2D eigenvalue weighted by molar-refractivity contribution is 0.379. The minimum Gasteiger partial charge on any atom is -0.494 e. The van der Waals surface area contributed by atoms with E-state index in [0.29, 0.717) is 6.54 Å². The largest absolute Gasteiger partial charge is 0.494 e. The zero-order valence-electron chi connectivity index (χ0n) is 12.2. The van der Waals surface area contributed by atoms with Crippen LogP contribution in [0.3, 0.4) is 0 Å². The van der Waals surface area contributed by atoms with Crippen molar-refractivity contribution in [3.8, 4) is 5.75 Å². The van der Waals surface area contributed by atoms with E-state index in [1.165, 1.54) is 37.5 Å². The second-order valence-electron chi connectivity index (χ2n) is 4.87. The Bertz CT molecular complexity index is 604. The van der Waals surface area contributed by atoms with E-state index in [1.807, 2.05) is 0 Å². The Hall–Kier alpha value is -0.890. The van der Waals surface area contributed by atoms with Crippen LogP contribution >= 0.6 is 12.4 Å². The van der Waals surface area contributed by atoms with Crippen molar-refractivity contribution in [2.24, 2.45) is 0 Å². The molecule has 1 saturated heterocycles. The van der Waals surface area contributed by atoms with Crippen LogP contribution in [0.2, 0.25) is 0 Å². The van der Waals surface area contributed by atoms with Gasteiger partial charge in [-0.2, -0.15) is 4.31 Å². The average molecular weight is 339 g/mol. The average Bonchev–Trinajstić information content (AvgIpc) is 2.94. The Morgan fingerprint density at radius 1 is 1.43 bits per heavy atom. The zero-order valence-corrected chi connectivity index (χ0v) is 13.9. The molecule has 2 rings (SSSR count). The summed E-state index contributed by atoms with van der Waals surface area (Å²) in [7, 11) is -0.817. The molecule has 0 radical (unpaired) electrons. The predicted octanol–water partition coefficient (Wildman–Crippen LogP) is 1.55. The maximum absolute atomic E-state index is 14.0. The van der Waals surface area contributed by atoms with Gasteiger partial charge in [0.25, 0.3) is 0 Å². The maximum atomic E-state index is 14.0. The van der Waals surface area contributed by atoms with Gasteiger partial charge in [-0.3, -0.25) is 0 Å². The summed E-state index contributed by atoms with van der Waals surface area (Å²) in [6, 6.07) is 2.64. The molecule has 0 saturated carbocycles. The van der Waals surface area contributed by atoms with E-state index in [0.717, 1.165) is 13.0 Å². The fourth-order valence-corrected chi connectivity index (χ4v) is 3.98. The Kier molecular flexibility index (Phi) is 5.98. The molecule has 5 nitrogen and oxygen atoms in total. The van der Waals surface area contributed by atoms with Crippen LogP contribution in [0.4, 0.5) is 4.39 Å². The van der Waals surface area contributed by atoms with Gasteiger partial charge in [0.15, 0.2) is 11.6 Å². The van der Waals surface area contributed by atoms with Crippen molar-refractivity contribution in [3.05, 3.63) is 23.5 Å². The maximum Gasteiger partial charge on any atom is 0.243 e. The molecular formula is C13H20ClFN2O3S. The smallest absolute Gasteiger partial charge is 0.243 e. The van der Waals surface area contributed by atoms with Gasteiger partial charge < -0.3 is 10.1 Å². The van der Waals surface area contributed by atoms with Crippen molar-refractivity contribution >= 4 is 22.4 Å². The van der Waals surface area contributed by atoms with Crippen LogP contribution < -0.4 is 10.1 Å². The topological polar surface area (TPSA) is 58.6 Å². The van der Waals surface area contributed by atoms with Gasteiger partial charge >= 0.3 is 0 Å². The first kappa shape index (κ1) is 18.2. The normalized spacial score (nSPS) is 18.6. The number of halogens is 2. The second kappa shape index (κ2) is 6.91. The van der Waals surface area contributed by atoms with E-state index in [1.54, 1.807) is 0 Å². The minimum absolute atomic E-state index is 0. The van der Waals surface area contributed by atoms with Crippen molar-refractivity contribution in [1.29, 1.82) is 0 Å². The number of rotatable bonds is 4. The SMILES string of the molecule is COc1ccc(S(=O)(=O)N(C)C2CCNC2)c(C)c1F.Cl. The molecule has 1 heterocycles. The summed E-state index contributed by atoms with van der Waals surface area (Å²) >= 11 is 0. The summed E-state index contributed by atoms with van der Waals surface area (Å²) in [6.07, 6.45) is 0.757. The Morgan fingerprint density at radius 2 is 2.10 bits per heavy atom. The Labute approximate surface area is 130 Å². The summed E-state index contributed by atoms with van der Waals surface area (Å²) in [5.41, 5.74) is 0.0853. The third kappa shape index (κ3) is 3.31. The number of likely N-dealkylation sites (N-methyl/N-ethyl adjacent to an activating group) is 1. The molecule has 0 aliphatic carbocycles. The van der Waals surface area contributed by atoms with Gasteiger partial charge in [0.1, 0.15) is 0 Å². The van der Waals surface area contributed by atoms with E-state index in [4.69, 9.17) is 4.74 Å². The molecule has 0 amide bonds. The molecule has 8 heteroatoms. The van der Waals surface area contributed by atoms with Gasteiger partial charge in [0.2, 0.25) is 10.0 Å². The molecule has 1 unspecified atom stereocenters. The van der Waals surface area contributed by atoms with Crippen LogP contribution in [0.1, 0.15) is 12.0 Å². The van der Waals surface area contributed by atoms with Gasteiger partial charge in [0.05, 0.1) is 12.0 Å². The monoisotopic (exact) mass is 338 g/mol. The third-order valence-corrected chi connectivity index (χ3v) is 5.78. The third-order valence-electron chi connectivity index (χ3n) is 3.73. The van der Waals surface area contributed by atoms with E-state index in [-0.39, 0.29) is 34.7 Å². The van der Waals surface area contributed by atoms with Crippen LogP contribution in [0, 0.1) is 12.7 Å². The number of nitrogens with zero attached hydrogens (tertiary/aromatic N) is 1. The first-order valence-corrected chi connectivity index (χ1v) is 7.85. The highest BCUT2D eigenvalue weighted by Gasteiger charge is 2.32. The lowest BCUT2D eigenvalue weighted by Gasteiger charge is -2.24. The number of sulfonamides is 1. The molecule has 1 aliphatic rings. The van der Waals surface area contributed by atoms with Gasteiger partial charge in [-0.1, -0.05) is 0 Å². The fourth-order valence-electron chi connectivity index (χ4n) is 2.38. The van der Waals surface area contributed by atoms with Crippen LogP contribution in [0.5, 0.6) is 5.75 Å². The molecule has 1 atom stereocenters. The first-order valence-electron chi connectivity index (χ1n) is 6.41. The van der Waals surface area contributed by atoms with E-state index < -0.39 is 15.8 Å². The molecule has 1 aromatic rings. The highest BCUT2D eigenvalue weighted by molar-refractivity contribution is 7.89. The molecule has 1 fully saturated rings. The molecule has 1 N–H and O–H groups in total. The van der Waals surface area contributed by atoms with Crippen molar-refractivity contribution in [1.82, 2.24) is 9.62 Å². The van der Waals surface area contributed by atoms with E-state index in [2.05, 4.69) is 5.32 Å². The van der Waals surface area contributed by atoms with Crippen molar-refractivity contribution in [2.75, 3.05) is 27.2 Å². The molecular weight excluding hydrogens is 319 g/mol. The standard InChI is InChI=1S/C13H19FN2O3S.ClH/c1-9-12(5-4-11(19-3)13(9)14)20(17,18)16(2)10-6-7-15-8-10;/h4-5,10,15H,6-8H2,1-3H3;1H. The van der Waals surface area contributed by atoms with Gasteiger partial charge in [-0.15, -0.1) is 12.4 Å². The molecule has 21 heavy (non-hydrogen) atoms. The summed E-state index contributed by atoms with van der Waals surface area (Å²) in [4.78, 5) is -0.00907. The van der Waals surface area contributed by atoms with E-state index >= 15 is 0 Å². The van der Waals surface area contributed by atoms with Crippen LogP contribution in [-0.2, 0) is 10.0 Å². The summed E-state index contributed by atoms with van der Waals surface area (Å²) < 4.78 is 45.4. The molecule has 120 valence electrons.